The molecule has 2 atom stereocenters. The van der Waals surface area contributed by atoms with Gasteiger partial charge in [0.15, 0.2) is 11.5 Å². The number of imidazole rings is 1. The molecule has 6 heteroatoms. The van der Waals surface area contributed by atoms with Gasteiger partial charge in [0.2, 0.25) is 0 Å². The first-order valence-corrected chi connectivity index (χ1v) is 10.3. The topological polar surface area (TPSA) is 78.9 Å². The summed E-state index contributed by atoms with van der Waals surface area (Å²) in [6.07, 6.45) is 5.09. The smallest absolute Gasteiger partial charge is 0.165 e. The summed E-state index contributed by atoms with van der Waals surface area (Å²) in [5.41, 5.74) is 11.1. The summed E-state index contributed by atoms with van der Waals surface area (Å²) in [6, 6.07) is 18.9. The third-order valence-electron chi connectivity index (χ3n) is 5.45. The molecule has 0 aliphatic rings. The molecular weight excluding hydrogens is 374 g/mol. The Labute approximate surface area is 176 Å². The maximum atomic E-state index is 6.28. The summed E-state index contributed by atoms with van der Waals surface area (Å²) in [5, 5.41) is 0. The Balaban J connectivity index is 1.58. The number of nitrogens with two attached hydrogens (primary N) is 1. The number of rotatable bonds is 8. The zero-order valence-electron chi connectivity index (χ0n) is 17.4. The molecule has 30 heavy (non-hydrogen) atoms. The van der Waals surface area contributed by atoms with Gasteiger partial charge in [0.25, 0.3) is 0 Å². The van der Waals surface area contributed by atoms with Gasteiger partial charge < -0.3 is 15.0 Å². The Kier molecular flexibility index (Phi) is 6.05. The summed E-state index contributed by atoms with van der Waals surface area (Å²) in [4.78, 5) is 13.0. The second-order valence-corrected chi connectivity index (χ2v) is 7.68. The Bertz CT molecular complexity index is 1110. The molecule has 0 radical (unpaired) electrons. The molecule has 0 bridgehead atoms. The van der Waals surface area contributed by atoms with Gasteiger partial charge in [-0.15, -0.1) is 0 Å². The van der Waals surface area contributed by atoms with Crippen LogP contribution in [0, 0.1) is 6.92 Å². The van der Waals surface area contributed by atoms with Crippen molar-refractivity contribution < 1.29 is 4.74 Å². The number of aryl methyl sites for hydroxylation is 2. The van der Waals surface area contributed by atoms with E-state index in [0.717, 1.165) is 24.1 Å². The highest BCUT2D eigenvalue weighted by molar-refractivity contribution is 5.81. The fraction of sp³-hybridized carbons (Fsp3) is 0.292. The minimum Gasteiger partial charge on any atom is -0.382 e. The molecule has 154 valence electrons. The molecule has 4 aromatic rings. The monoisotopic (exact) mass is 401 g/mol. The van der Waals surface area contributed by atoms with Crippen LogP contribution in [0.15, 0.2) is 67.3 Å². The van der Waals surface area contributed by atoms with E-state index < -0.39 is 0 Å². The molecule has 2 aromatic carbocycles. The zero-order valence-corrected chi connectivity index (χ0v) is 17.4. The molecule has 2 heterocycles. The molecule has 6 nitrogen and oxygen atoms in total. The number of benzene rings is 2. The number of anilines is 1. The maximum Gasteiger partial charge on any atom is 0.165 e. The normalized spacial score (nSPS) is 13.4. The van der Waals surface area contributed by atoms with Crippen molar-refractivity contribution in [2.24, 2.45) is 0 Å². The molecule has 0 amide bonds. The Hall–Kier alpha value is -3.25. The largest absolute Gasteiger partial charge is 0.382 e. The van der Waals surface area contributed by atoms with Crippen molar-refractivity contribution in [3.63, 3.8) is 0 Å². The zero-order chi connectivity index (χ0) is 20.9. The lowest BCUT2D eigenvalue weighted by Gasteiger charge is -2.26. The number of hydrogen-bond donors (Lipinski definition) is 1. The van der Waals surface area contributed by atoms with E-state index in [4.69, 9.17) is 10.5 Å². The van der Waals surface area contributed by atoms with Gasteiger partial charge in [0.1, 0.15) is 11.8 Å². The van der Waals surface area contributed by atoms with Crippen LogP contribution in [-0.2, 0) is 17.8 Å². The third-order valence-corrected chi connectivity index (χ3v) is 5.45. The Morgan fingerprint density at radius 2 is 1.80 bits per heavy atom. The van der Waals surface area contributed by atoms with Crippen molar-refractivity contribution in [2.75, 3.05) is 5.73 Å². The van der Waals surface area contributed by atoms with Crippen molar-refractivity contribution in [1.82, 2.24) is 19.5 Å². The minimum atomic E-state index is -0.0383. The molecule has 2 N–H and O–H groups in total. The highest BCUT2D eigenvalue weighted by Gasteiger charge is 2.23. The van der Waals surface area contributed by atoms with Crippen LogP contribution >= 0.6 is 0 Å². The van der Waals surface area contributed by atoms with Gasteiger partial charge in [-0.1, -0.05) is 60.2 Å². The molecular formula is C24H27N5O. The fourth-order valence-electron chi connectivity index (χ4n) is 3.81. The van der Waals surface area contributed by atoms with Crippen molar-refractivity contribution in [1.29, 1.82) is 0 Å². The van der Waals surface area contributed by atoms with E-state index in [1.54, 1.807) is 6.33 Å². The van der Waals surface area contributed by atoms with E-state index in [-0.39, 0.29) is 12.1 Å². The van der Waals surface area contributed by atoms with Crippen LogP contribution in [-0.4, -0.2) is 25.6 Å². The molecule has 0 fully saturated rings. The number of nitrogens with zero attached hydrogens (tertiary/aromatic N) is 4. The van der Waals surface area contributed by atoms with Crippen LogP contribution in [0.3, 0.4) is 0 Å². The van der Waals surface area contributed by atoms with Crippen LogP contribution in [0.1, 0.15) is 36.1 Å². The van der Waals surface area contributed by atoms with E-state index in [2.05, 4.69) is 69.8 Å². The first kappa shape index (κ1) is 20.0. The number of fused-ring (bicyclic) bond motifs is 1. The van der Waals surface area contributed by atoms with Gasteiger partial charge in [-0.05, 0) is 37.8 Å². The van der Waals surface area contributed by atoms with Crippen molar-refractivity contribution in [2.45, 2.75) is 45.4 Å². The summed E-state index contributed by atoms with van der Waals surface area (Å²) in [6.45, 7) is 4.79. The van der Waals surface area contributed by atoms with Gasteiger partial charge in [0, 0.05) is 0 Å². The third kappa shape index (κ3) is 4.49. The lowest BCUT2D eigenvalue weighted by Crippen LogP contribution is -2.25. The predicted octanol–water partition coefficient (Wildman–Crippen LogP) is 4.50. The predicted molar refractivity (Wildman–Crippen MR) is 119 cm³/mol. The second-order valence-electron chi connectivity index (χ2n) is 7.68. The highest BCUT2D eigenvalue weighted by atomic mass is 16.5. The molecule has 2 aromatic heterocycles. The van der Waals surface area contributed by atoms with Crippen LogP contribution < -0.4 is 5.73 Å². The lowest BCUT2D eigenvalue weighted by atomic mass is 10.0. The lowest BCUT2D eigenvalue weighted by molar-refractivity contribution is 0.0158. The number of nitrogen functional groups attached to an aromatic ring is 1. The van der Waals surface area contributed by atoms with Gasteiger partial charge in [0.05, 0.1) is 25.1 Å². The van der Waals surface area contributed by atoms with Crippen LogP contribution in [0.25, 0.3) is 11.2 Å². The van der Waals surface area contributed by atoms with E-state index >= 15 is 0 Å². The number of ether oxygens (including phenoxy) is 1. The Morgan fingerprint density at radius 1 is 1.00 bits per heavy atom. The molecule has 0 aliphatic heterocycles. The van der Waals surface area contributed by atoms with Crippen LogP contribution in [0.5, 0.6) is 0 Å². The van der Waals surface area contributed by atoms with Gasteiger partial charge in [-0.2, -0.15) is 0 Å². The average Bonchev–Trinajstić information content (AvgIpc) is 3.18. The average molecular weight is 402 g/mol. The van der Waals surface area contributed by atoms with E-state index in [9.17, 15) is 0 Å². The minimum absolute atomic E-state index is 0.0383. The Morgan fingerprint density at radius 3 is 2.60 bits per heavy atom. The van der Waals surface area contributed by atoms with Crippen molar-refractivity contribution in [3.05, 3.63) is 83.9 Å². The highest BCUT2D eigenvalue weighted by Crippen LogP contribution is 2.27. The summed E-state index contributed by atoms with van der Waals surface area (Å²) in [5.74, 6) is 0.397. The molecule has 4 rings (SSSR count). The molecule has 0 saturated heterocycles. The van der Waals surface area contributed by atoms with Crippen molar-refractivity contribution >= 4 is 17.0 Å². The summed E-state index contributed by atoms with van der Waals surface area (Å²) in [7, 11) is 0. The number of hydrogen-bond acceptors (Lipinski definition) is 5. The maximum absolute atomic E-state index is 6.28. The standard InChI is InChI=1S/C24H27N5O/c1-17-7-6-10-19(13-17)11-12-21(18(2)30-14-20-8-4-3-5-9-20)29-16-28-22-23(25)26-15-27-24(22)29/h3-10,13,15-16,18,21H,11-12,14H2,1-2H3,(H2,25,26,27)/t18-,21+/m0/s1. The summed E-state index contributed by atoms with van der Waals surface area (Å²) < 4.78 is 8.36. The van der Waals surface area contributed by atoms with Crippen LogP contribution in [0.4, 0.5) is 5.82 Å². The first-order valence-electron chi connectivity index (χ1n) is 10.3. The number of aromatic nitrogens is 4. The molecule has 0 saturated carbocycles. The van der Waals surface area contributed by atoms with Gasteiger partial charge in [-0.3, -0.25) is 0 Å². The van der Waals surface area contributed by atoms with Gasteiger partial charge >= 0.3 is 0 Å². The van der Waals surface area contributed by atoms with Crippen molar-refractivity contribution in [3.8, 4) is 0 Å². The molecule has 0 spiro atoms. The summed E-state index contributed by atoms with van der Waals surface area (Å²) >= 11 is 0. The quantitative estimate of drug-likeness (QED) is 0.470. The van der Waals surface area contributed by atoms with Crippen LogP contribution in [0.2, 0.25) is 0 Å². The fourth-order valence-corrected chi connectivity index (χ4v) is 3.81. The van der Waals surface area contributed by atoms with E-state index in [1.807, 2.05) is 18.2 Å². The molecule has 0 unspecified atom stereocenters. The van der Waals surface area contributed by atoms with E-state index in [0.29, 0.717) is 17.9 Å². The first-order chi connectivity index (χ1) is 14.6. The SMILES string of the molecule is Cc1cccc(CC[C@H]([C@H](C)OCc2ccccc2)n2cnc3c(N)ncnc32)c1. The second kappa shape index (κ2) is 9.05. The van der Waals surface area contributed by atoms with E-state index in [1.165, 1.54) is 17.5 Å². The molecule has 0 aliphatic carbocycles. The van der Waals surface area contributed by atoms with Gasteiger partial charge in [-0.25, -0.2) is 15.0 Å².